The van der Waals surface area contributed by atoms with E-state index in [0.29, 0.717) is 51.1 Å². The molecular formula is C35H28FN11. The lowest BCUT2D eigenvalue weighted by molar-refractivity contribution is 0.211. The van der Waals surface area contributed by atoms with Crippen molar-refractivity contribution in [3.05, 3.63) is 114 Å². The topological polar surface area (TPSA) is 139 Å². The van der Waals surface area contributed by atoms with Crippen LogP contribution in [0.1, 0.15) is 24.2 Å². The number of anilines is 2. The van der Waals surface area contributed by atoms with Crippen molar-refractivity contribution in [2.45, 2.75) is 25.4 Å². The van der Waals surface area contributed by atoms with Crippen LogP contribution < -0.4 is 11.1 Å². The van der Waals surface area contributed by atoms with Gasteiger partial charge in [0, 0.05) is 43.8 Å². The van der Waals surface area contributed by atoms with Gasteiger partial charge in [0.05, 0.1) is 23.3 Å². The standard InChI is InChI=1S/C35H28FN11/c1-39-28-19-29-35(45-32(28)23-6-8-24(36)9-7-23)47(34(43-29)27-3-2-15-41-33(27)38)26-10-4-22(5-11-26)21-46-17-13-25(14-18-46)42-30-12-16-40-31(20-37)44-30/h2-12,15-16,19,25H,13-14,17-18,21H2,(H2,38,41)(H,40,42,44). The number of likely N-dealkylation sites (tertiary alicyclic amines) is 1. The molecule has 1 fully saturated rings. The number of rotatable bonds is 7. The minimum Gasteiger partial charge on any atom is -0.383 e. The number of nitrogens with two attached hydrogens (primary N) is 1. The minimum atomic E-state index is -0.364. The molecule has 0 atom stereocenters. The monoisotopic (exact) mass is 621 g/mol. The normalized spacial score (nSPS) is 13.7. The molecule has 0 unspecified atom stereocenters. The Morgan fingerprint density at radius 1 is 0.979 bits per heavy atom. The molecule has 0 bridgehead atoms. The van der Waals surface area contributed by atoms with E-state index in [1.807, 2.05) is 28.8 Å². The van der Waals surface area contributed by atoms with E-state index >= 15 is 0 Å². The SMILES string of the molecule is [C-]#[N+]c1cc2nc(-c3cccnc3N)n(-c3ccc(CN4CCC(Nc5ccnc(C#N)n5)CC4)cc3)c2nc1-c1ccc(F)cc1. The number of aromatic nitrogens is 6. The Morgan fingerprint density at radius 3 is 2.49 bits per heavy atom. The Kier molecular flexibility index (Phi) is 7.92. The highest BCUT2D eigenvalue weighted by molar-refractivity contribution is 5.90. The molecule has 12 heteroatoms. The first-order chi connectivity index (χ1) is 23.0. The Hall–Kier alpha value is -6.24. The molecule has 1 aliphatic rings. The summed E-state index contributed by atoms with van der Waals surface area (Å²) in [5.74, 6) is 1.35. The summed E-state index contributed by atoms with van der Waals surface area (Å²) in [5, 5.41) is 12.5. The number of nitrogen functional groups attached to an aromatic ring is 1. The number of benzene rings is 2. The van der Waals surface area contributed by atoms with Gasteiger partial charge < -0.3 is 11.1 Å². The molecule has 0 radical (unpaired) electrons. The highest BCUT2D eigenvalue weighted by Gasteiger charge is 2.22. The zero-order chi connectivity index (χ0) is 32.3. The van der Waals surface area contributed by atoms with Crippen molar-refractivity contribution in [3.63, 3.8) is 0 Å². The zero-order valence-corrected chi connectivity index (χ0v) is 25.2. The molecule has 0 aliphatic carbocycles. The Labute approximate surface area is 270 Å². The molecule has 6 aromatic rings. The van der Waals surface area contributed by atoms with Crippen LogP contribution in [-0.4, -0.2) is 53.5 Å². The van der Waals surface area contributed by atoms with Crippen molar-refractivity contribution in [2.75, 3.05) is 24.1 Å². The molecule has 0 spiro atoms. The van der Waals surface area contributed by atoms with Gasteiger partial charge in [0.1, 0.15) is 23.5 Å². The minimum absolute atomic E-state index is 0.160. The van der Waals surface area contributed by atoms with Crippen LogP contribution in [-0.2, 0) is 6.54 Å². The number of imidazole rings is 1. The lowest BCUT2D eigenvalue weighted by Crippen LogP contribution is -2.38. The molecule has 7 rings (SSSR count). The van der Waals surface area contributed by atoms with Gasteiger partial charge in [-0.25, -0.2) is 34.2 Å². The molecule has 2 aromatic carbocycles. The van der Waals surface area contributed by atoms with Crippen LogP contribution in [0.25, 0.3) is 44.3 Å². The lowest BCUT2D eigenvalue weighted by atomic mass is 10.0. The summed E-state index contributed by atoms with van der Waals surface area (Å²) in [4.78, 5) is 28.4. The largest absolute Gasteiger partial charge is 0.383 e. The number of hydrogen-bond donors (Lipinski definition) is 2. The van der Waals surface area contributed by atoms with Crippen molar-refractivity contribution >= 4 is 28.5 Å². The maximum Gasteiger partial charge on any atom is 0.234 e. The fraction of sp³-hybridized carbons (Fsp3) is 0.171. The second-order valence-electron chi connectivity index (χ2n) is 11.3. The van der Waals surface area contributed by atoms with Gasteiger partial charge in [-0.15, -0.1) is 0 Å². The van der Waals surface area contributed by atoms with E-state index in [0.717, 1.165) is 43.7 Å². The second-order valence-corrected chi connectivity index (χ2v) is 11.3. The van der Waals surface area contributed by atoms with Crippen LogP contribution in [0.5, 0.6) is 0 Å². The number of nitrogens with one attached hydrogen (secondary N) is 1. The Balaban J connectivity index is 1.17. The molecule has 1 aliphatic heterocycles. The molecule has 47 heavy (non-hydrogen) atoms. The summed E-state index contributed by atoms with van der Waals surface area (Å²) in [6.45, 7) is 10.4. The highest BCUT2D eigenvalue weighted by atomic mass is 19.1. The van der Waals surface area contributed by atoms with Crippen molar-refractivity contribution in [1.29, 1.82) is 5.26 Å². The van der Waals surface area contributed by atoms with Gasteiger partial charge in [0.25, 0.3) is 0 Å². The smallest absolute Gasteiger partial charge is 0.234 e. The summed E-state index contributed by atoms with van der Waals surface area (Å²) in [6, 6.07) is 23.6. The first-order valence-electron chi connectivity index (χ1n) is 15.1. The van der Waals surface area contributed by atoms with E-state index in [2.05, 4.69) is 42.1 Å². The molecule has 3 N–H and O–H groups in total. The van der Waals surface area contributed by atoms with Gasteiger partial charge in [-0.1, -0.05) is 24.3 Å². The van der Waals surface area contributed by atoms with Crippen LogP contribution in [0.3, 0.4) is 0 Å². The van der Waals surface area contributed by atoms with Gasteiger partial charge in [-0.2, -0.15) is 5.26 Å². The summed E-state index contributed by atoms with van der Waals surface area (Å²) in [7, 11) is 0. The fourth-order valence-corrected chi connectivity index (χ4v) is 5.88. The number of nitrogens with zero attached hydrogens (tertiary/aromatic N) is 9. The van der Waals surface area contributed by atoms with Crippen molar-refractivity contribution in [3.8, 4) is 34.4 Å². The fourth-order valence-electron chi connectivity index (χ4n) is 5.88. The third-order valence-corrected chi connectivity index (χ3v) is 8.23. The van der Waals surface area contributed by atoms with Crippen LogP contribution in [0.15, 0.2) is 85.2 Å². The van der Waals surface area contributed by atoms with Crippen molar-refractivity contribution in [2.24, 2.45) is 0 Å². The van der Waals surface area contributed by atoms with E-state index in [-0.39, 0.29) is 17.7 Å². The van der Waals surface area contributed by atoms with Crippen molar-refractivity contribution in [1.82, 2.24) is 34.4 Å². The van der Waals surface area contributed by atoms with Crippen LogP contribution in [0, 0.1) is 23.7 Å². The van der Waals surface area contributed by atoms with Gasteiger partial charge in [-0.3, -0.25) is 9.47 Å². The average Bonchev–Trinajstić information content (AvgIpc) is 3.47. The maximum atomic E-state index is 13.7. The molecule has 230 valence electrons. The Bertz CT molecular complexity index is 2150. The molecule has 4 aromatic heterocycles. The molecule has 0 amide bonds. The first kappa shape index (κ1) is 29.5. The Morgan fingerprint density at radius 2 is 1.77 bits per heavy atom. The maximum absolute atomic E-state index is 13.7. The number of halogens is 1. The third kappa shape index (κ3) is 6.06. The second kappa shape index (κ2) is 12.6. The zero-order valence-electron chi connectivity index (χ0n) is 25.2. The first-order valence-corrected chi connectivity index (χ1v) is 15.1. The number of nitriles is 1. The number of fused-ring (bicyclic) bond motifs is 1. The van der Waals surface area contributed by atoms with E-state index in [1.54, 1.807) is 42.7 Å². The van der Waals surface area contributed by atoms with Crippen LogP contribution in [0.2, 0.25) is 0 Å². The van der Waals surface area contributed by atoms with E-state index in [4.69, 9.17) is 27.5 Å². The van der Waals surface area contributed by atoms with E-state index < -0.39 is 0 Å². The molecule has 5 heterocycles. The third-order valence-electron chi connectivity index (χ3n) is 8.23. The average molecular weight is 622 g/mol. The van der Waals surface area contributed by atoms with Crippen LogP contribution in [0.4, 0.5) is 21.7 Å². The number of hydrogen-bond acceptors (Lipinski definition) is 9. The summed E-state index contributed by atoms with van der Waals surface area (Å²) in [6.07, 6.45) is 5.13. The van der Waals surface area contributed by atoms with E-state index in [1.165, 1.54) is 12.1 Å². The number of piperidine rings is 1. The van der Waals surface area contributed by atoms with Gasteiger partial charge >= 0.3 is 0 Å². The van der Waals surface area contributed by atoms with Gasteiger partial charge in [0.2, 0.25) is 11.5 Å². The van der Waals surface area contributed by atoms with Gasteiger partial charge in [0.15, 0.2) is 11.5 Å². The summed E-state index contributed by atoms with van der Waals surface area (Å²) in [5.41, 5.74) is 11.4. The number of pyridine rings is 2. The summed E-state index contributed by atoms with van der Waals surface area (Å²) < 4.78 is 15.6. The molecule has 1 saturated heterocycles. The van der Waals surface area contributed by atoms with E-state index in [9.17, 15) is 4.39 Å². The quantitative estimate of drug-likeness (QED) is 0.201. The lowest BCUT2D eigenvalue weighted by Gasteiger charge is -2.32. The van der Waals surface area contributed by atoms with Gasteiger partial charge in [-0.05, 0) is 72.5 Å². The van der Waals surface area contributed by atoms with Crippen LogP contribution >= 0.6 is 0 Å². The summed E-state index contributed by atoms with van der Waals surface area (Å²) >= 11 is 0. The predicted molar refractivity (Wildman–Crippen MR) is 177 cm³/mol. The van der Waals surface area contributed by atoms with Crippen molar-refractivity contribution < 1.29 is 4.39 Å². The molecular weight excluding hydrogens is 593 g/mol. The molecule has 11 nitrogen and oxygen atoms in total. The molecule has 0 saturated carbocycles. The highest BCUT2D eigenvalue weighted by Crippen LogP contribution is 2.36. The predicted octanol–water partition coefficient (Wildman–Crippen LogP) is 6.16.